The van der Waals surface area contributed by atoms with E-state index in [4.69, 9.17) is 9.15 Å². The smallest absolute Gasteiger partial charge is 0.291 e. The topological polar surface area (TPSA) is 80.6 Å². The Kier molecular flexibility index (Phi) is 5.01. The number of carbonyl (C=O) groups is 2. The van der Waals surface area contributed by atoms with Gasteiger partial charge in [-0.05, 0) is 30.5 Å². The van der Waals surface area contributed by atoms with Gasteiger partial charge in [0, 0.05) is 34.8 Å². The molecule has 0 saturated carbocycles. The van der Waals surface area contributed by atoms with E-state index in [2.05, 4.69) is 10.6 Å². The summed E-state index contributed by atoms with van der Waals surface area (Å²) in [7, 11) is 1.45. The molecule has 0 unspecified atom stereocenters. The SMILES string of the molecule is COCC(=O)Nc1cccc(NC(=O)c2oc3c(ccc4ccccc43)c2C)c1. The first-order valence-electron chi connectivity index (χ1n) is 9.18. The van der Waals surface area contributed by atoms with Gasteiger partial charge in [0.15, 0.2) is 5.76 Å². The number of benzene rings is 3. The van der Waals surface area contributed by atoms with E-state index in [0.29, 0.717) is 17.0 Å². The van der Waals surface area contributed by atoms with Gasteiger partial charge in [-0.25, -0.2) is 0 Å². The molecule has 0 spiro atoms. The molecule has 3 aromatic carbocycles. The van der Waals surface area contributed by atoms with E-state index in [1.807, 2.05) is 43.3 Å². The molecule has 0 aliphatic rings. The molecule has 0 bridgehead atoms. The maximum Gasteiger partial charge on any atom is 0.291 e. The summed E-state index contributed by atoms with van der Waals surface area (Å²) in [5, 5.41) is 8.48. The highest BCUT2D eigenvalue weighted by Crippen LogP contribution is 2.32. The molecule has 6 nitrogen and oxygen atoms in total. The van der Waals surface area contributed by atoms with Crippen LogP contribution < -0.4 is 10.6 Å². The van der Waals surface area contributed by atoms with Crippen LogP contribution in [0.4, 0.5) is 11.4 Å². The summed E-state index contributed by atoms with van der Waals surface area (Å²) in [6.45, 7) is 1.83. The van der Waals surface area contributed by atoms with Crippen molar-refractivity contribution < 1.29 is 18.7 Å². The molecule has 0 atom stereocenters. The second kappa shape index (κ2) is 7.77. The minimum atomic E-state index is -0.344. The van der Waals surface area contributed by atoms with Gasteiger partial charge in [0.25, 0.3) is 5.91 Å². The zero-order valence-corrected chi connectivity index (χ0v) is 16.1. The fourth-order valence-electron chi connectivity index (χ4n) is 3.36. The van der Waals surface area contributed by atoms with E-state index in [0.717, 1.165) is 21.7 Å². The van der Waals surface area contributed by atoms with Crippen LogP contribution >= 0.6 is 0 Å². The van der Waals surface area contributed by atoms with Crippen LogP contribution in [0.15, 0.2) is 65.1 Å². The molecule has 0 saturated heterocycles. The molecular formula is C23H20N2O4. The van der Waals surface area contributed by atoms with Crippen LogP contribution in [0.2, 0.25) is 0 Å². The highest BCUT2D eigenvalue weighted by Gasteiger charge is 2.19. The molecular weight excluding hydrogens is 368 g/mol. The fourth-order valence-corrected chi connectivity index (χ4v) is 3.36. The van der Waals surface area contributed by atoms with Crippen LogP contribution in [-0.4, -0.2) is 25.5 Å². The zero-order chi connectivity index (χ0) is 20.4. The molecule has 2 N–H and O–H groups in total. The van der Waals surface area contributed by atoms with Crippen molar-refractivity contribution in [1.82, 2.24) is 0 Å². The molecule has 4 rings (SSSR count). The largest absolute Gasteiger partial charge is 0.450 e. The van der Waals surface area contributed by atoms with Gasteiger partial charge < -0.3 is 19.8 Å². The average molecular weight is 388 g/mol. The van der Waals surface area contributed by atoms with Crippen molar-refractivity contribution >= 4 is 44.9 Å². The second-order valence-electron chi connectivity index (χ2n) is 6.74. The first-order valence-corrected chi connectivity index (χ1v) is 9.18. The van der Waals surface area contributed by atoms with Gasteiger partial charge in [0.1, 0.15) is 12.2 Å². The summed E-state index contributed by atoms with van der Waals surface area (Å²) in [4.78, 5) is 24.5. The predicted octanol–water partition coefficient (Wildman–Crippen LogP) is 4.73. The Morgan fingerprint density at radius 2 is 1.69 bits per heavy atom. The number of amides is 2. The third-order valence-electron chi connectivity index (χ3n) is 4.71. The summed E-state index contributed by atoms with van der Waals surface area (Å²) in [5.74, 6) is -0.343. The predicted molar refractivity (Wildman–Crippen MR) is 113 cm³/mol. The van der Waals surface area contributed by atoms with Gasteiger partial charge in [0.2, 0.25) is 5.91 Å². The van der Waals surface area contributed by atoms with Crippen LogP contribution in [0, 0.1) is 6.92 Å². The maximum absolute atomic E-state index is 12.9. The van der Waals surface area contributed by atoms with Gasteiger partial charge in [-0.3, -0.25) is 9.59 Å². The summed E-state index contributed by atoms with van der Waals surface area (Å²) in [6.07, 6.45) is 0. The monoisotopic (exact) mass is 388 g/mol. The quantitative estimate of drug-likeness (QED) is 0.518. The third kappa shape index (κ3) is 3.70. The number of anilines is 2. The Morgan fingerprint density at radius 1 is 0.931 bits per heavy atom. The Morgan fingerprint density at radius 3 is 2.48 bits per heavy atom. The van der Waals surface area contributed by atoms with E-state index < -0.39 is 0 Å². The number of ether oxygens (including phenoxy) is 1. The number of hydrogen-bond acceptors (Lipinski definition) is 4. The van der Waals surface area contributed by atoms with Crippen LogP contribution in [0.1, 0.15) is 16.1 Å². The molecule has 6 heteroatoms. The van der Waals surface area contributed by atoms with E-state index >= 15 is 0 Å². The maximum atomic E-state index is 12.9. The Hall–Kier alpha value is -3.64. The molecule has 0 fully saturated rings. The molecule has 0 aliphatic heterocycles. The van der Waals surface area contributed by atoms with Crippen LogP contribution in [0.5, 0.6) is 0 Å². The first-order chi connectivity index (χ1) is 14.1. The first kappa shape index (κ1) is 18.7. The van der Waals surface area contributed by atoms with Crippen LogP contribution in [-0.2, 0) is 9.53 Å². The van der Waals surface area contributed by atoms with Crippen molar-refractivity contribution in [3.05, 3.63) is 72.0 Å². The Labute approximate surface area is 167 Å². The van der Waals surface area contributed by atoms with Crippen molar-refractivity contribution in [3.8, 4) is 0 Å². The van der Waals surface area contributed by atoms with Gasteiger partial charge in [-0.1, -0.05) is 42.5 Å². The van der Waals surface area contributed by atoms with Crippen LogP contribution in [0.25, 0.3) is 21.7 Å². The number of hydrogen-bond donors (Lipinski definition) is 2. The molecule has 4 aromatic rings. The number of rotatable bonds is 5. The lowest BCUT2D eigenvalue weighted by Crippen LogP contribution is -2.17. The number of furan rings is 1. The van der Waals surface area contributed by atoms with E-state index in [-0.39, 0.29) is 24.2 Å². The summed E-state index contributed by atoms with van der Waals surface area (Å²) in [6, 6.07) is 18.8. The minimum absolute atomic E-state index is 0.0390. The van der Waals surface area contributed by atoms with Gasteiger partial charge >= 0.3 is 0 Å². The zero-order valence-electron chi connectivity index (χ0n) is 16.1. The second-order valence-corrected chi connectivity index (χ2v) is 6.74. The van der Waals surface area contributed by atoms with Crippen molar-refractivity contribution in [1.29, 1.82) is 0 Å². The van der Waals surface area contributed by atoms with E-state index in [1.165, 1.54) is 7.11 Å². The molecule has 2 amide bonds. The molecule has 1 heterocycles. The van der Waals surface area contributed by atoms with Gasteiger partial charge in [-0.15, -0.1) is 0 Å². The Balaban J connectivity index is 1.62. The number of fused-ring (bicyclic) bond motifs is 3. The van der Waals surface area contributed by atoms with Crippen molar-refractivity contribution in [2.45, 2.75) is 6.92 Å². The summed E-state index contributed by atoms with van der Waals surface area (Å²) >= 11 is 0. The molecule has 0 aliphatic carbocycles. The molecule has 1 aromatic heterocycles. The molecule has 146 valence electrons. The fraction of sp³-hybridized carbons (Fsp3) is 0.130. The van der Waals surface area contributed by atoms with Crippen molar-refractivity contribution in [2.75, 3.05) is 24.4 Å². The standard InChI is InChI=1S/C23H20N2O4/c1-14-18-11-10-15-6-3-4-9-19(15)22(18)29-21(14)23(27)25-17-8-5-7-16(12-17)24-20(26)13-28-2/h3-12H,13H2,1-2H3,(H,24,26)(H,25,27). The highest BCUT2D eigenvalue weighted by atomic mass is 16.5. The number of methoxy groups -OCH3 is 1. The van der Waals surface area contributed by atoms with E-state index in [9.17, 15) is 9.59 Å². The number of nitrogens with one attached hydrogen (secondary N) is 2. The number of carbonyl (C=O) groups excluding carboxylic acids is 2. The lowest BCUT2D eigenvalue weighted by Gasteiger charge is -2.08. The lowest BCUT2D eigenvalue weighted by molar-refractivity contribution is -0.119. The normalized spacial score (nSPS) is 11.0. The lowest BCUT2D eigenvalue weighted by atomic mass is 10.1. The van der Waals surface area contributed by atoms with Crippen molar-refractivity contribution in [2.24, 2.45) is 0 Å². The Bertz CT molecular complexity index is 1230. The van der Waals surface area contributed by atoms with Gasteiger partial charge in [-0.2, -0.15) is 0 Å². The number of aryl methyl sites for hydroxylation is 1. The van der Waals surface area contributed by atoms with Crippen molar-refractivity contribution in [3.63, 3.8) is 0 Å². The highest BCUT2D eigenvalue weighted by molar-refractivity contribution is 6.11. The van der Waals surface area contributed by atoms with Crippen LogP contribution in [0.3, 0.4) is 0 Å². The average Bonchev–Trinajstić information content (AvgIpc) is 3.06. The van der Waals surface area contributed by atoms with Gasteiger partial charge in [0.05, 0.1) is 0 Å². The third-order valence-corrected chi connectivity index (χ3v) is 4.71. The van der Waals surface area contributed by atoms with E-state index in [1.54, 1.807) is 24.3 Å². The molecule has 0 radical (unpaired) electrons. The minimum Gasteiger partial charge on any atom is -0.450 e. The summed E-state index contributed by atoms with van der Waals surface area (Å²) in [5.41, 5.74) is 2.60. The molecule has 29 heavy (non-hydrogen) atoms. The summed E-state index contributed by atoms with van der Waals surface area (Å²) < 4.78 is 10.8.